The fraction of sp³-hybridized carbons (Fsp3) is 0.588. The lowest BCUT2D eigenvalue weighted by Gasteiger charge is -2.51. The van der Waals surface area contributed by atoms with Crippen LogP contribution in [0.4, 0.5) is 5.69 Å². The van der Waals surface area contributed by atoms with Gasteiger partial charge in [0.05, 0.1) is 16.8 Å². The van der Waals surface area contributed by atoms with Gasteiger partial charge in [-0.05, 0) is 37.5 Å². The third-order valence-electron chi connectivity index (χ3n) is 5.03. The number of benzene rings is 1. The first-order valence-corrected chi connectivity index (χ1v) is 8.01. The molecule has 0 aromatic heterocycles. The number of amides is 1. The summed E-state index contributed by atoms with van der Waals surface area (Å²) in [5, 5.41) is 3.55. The molecule has 3 N–H and O–H groups in total. The highest BCUT2D eigenvalue weighted by Crippen LogP contribution is 2.39. The van der Waals surface area contributed by atoms with Gasteiger partial charge in [-0.25, -0.2) is 0 Å². The second-order valence-corrected chi connectivity index (χ2v) is 6.50. The molecule has 4 nitrogen and oxygen atoms in total. The highest BCUT2D eigenvalue weighted by atomic mass is 16.1. The van der Waals surface area contributed by atoms with Gasteiger partial charge in [0.1, 0.15) is 0 Å². The van der Waals surface area contributed by atoms with Gasteiger partial charge in [0, 0.05) is 19.6 Å². The maximum atomic E-state index is 11.8. The molecule has 1 heterocycles. The van der Waals surface area contributed by atoms with Crippen molar-refractivity contribution in [3.8, 4) is 0 Å². The fourth-order valence-electron chi connectivity index (χ4n) is 3.95. The van der Waals surface area contributed by atoms with E-state index < -0.39 is 0 Å². The summed E-state index contributed by atoms with van der Waals surface area (Å²) >= 11 is 0. The standard InChI is InChI=1S/C17H25N3O/c1-13-5-6-14(16(18)21)15(11-13)20-10-9-19-12-17(20)7-3-2-4-8-17/h5-6,11,19H,2-4,7-10,12H2,1H3,(H2,18,21). The number of carbonyl (C=O) groups is 1. The third kappa shape index (κ3) is 2.64. The van der Waals surface area contributed by atoms with Gasteiger partial charge in [-0.2, -0.15) is 0 Å². The molecular formula is C17H25N3O. The molecule has 114 valence electrons. The van der Waals surface area contributed by atoms with Crippen molar-refractivity contribution in [3.63, 3.8) is 0 Å². The lowest BCUT2D eigenvalue weighted by Crippen LogP contribution is -2.62. The van der Waals surface area contributed by atoms with Crippen LogP contribution in [0, 0.1) is 6.92 Å². The smallest absolute Gasteiger partial charge is 0.250 e. The summed E-state index contributed by atoms with van der Waals surface area (Å²) in [7, 11) is 0. The summed E-state index contributed by atoms with van der Waals surface area (Å²) in [5.74, 6) is -0.325. The van der Waals surface area contributed by atoms with E-state index in [-0.39, 0.29) is 11.4 Å². The number of nitrogens with two attached hydrogens (primary N) is 1. The quantitative estimate of drug-likeness (QED) is 0.877. The van der Waals surface area contributed by atoms with Crippen LogP contribution in [0.25, 0.3) is 0 Å². The number of hydrogen-bond donors (Lipinski definition) is 2. The van der Waals surface area contributed by atoms with Gasteiger partial charge < -0.3 is 16.0 Å². The third-order valence-corrected chi connectivity index (χ3v) is 5.03. The molecule has 1 aliphatic carbocycles. The molecule has 1 aromatic carbocycles. The summed E-state index contributed by atoms with van der Waals surface area (Å²) in [6, 6.07) is 5.98. The Bertz CT molecular complexity index is 527. The highest BCUT2D eigenvalue weighted by Gasteiger charge is 2.40. The largest absolute Gasteiger partial charge is 0.366 e. The minimum Gasteiger partial charge on any atom is -0.366 e. The van der Waals surface area contributed by atoms with E-state index in [2.05, 4.69) is 23.2 Å². The zero-order valence-electron chi connectivity index (χ0n) is 12.8. The average molecular weight is 287 g/mol. The van der Waals surface area contributed by atoms with Gasteiger partial charge >= 0.3 is 0 Å². The Morgan fingerprint density at radius 2 is 2.05 bits per heavy atom. The van der Waals surface area contributed by atoms with E-state index in [1.54, 1.807) is 0 Å². The lowest BCUT2D eigenvalue weighted by atomic mass is 9.78. The number of rotatable bonds is 2. The Labute approximate surface area is 126 Å². The zero-order valence-corrected chi connectivity index (χ0v) is 12.8. The van der Waals surface area contributed by atoms with Crippen LogP contribution in [0.15, 0.2) is 18.2 Å². The van der Waals surface area contributed by atoms with Crippen LogP contribution in [0.1, 0.15) is 48.0 Å². The Balaban J connectivity index is 2.04. The molecule has 4 heteroatoms. The number of carbonyl (C=O) groups excluding carboxylic acids is 1. The van der Waals surface area contributed by atoms with Crippen molar-refractivity contribution in [2.45, 2.75) is 44.6 Å². The second-order valence-electron chi connectivity index (χ2n) is 6.50. The van der Waals surface area contributed by atoms with Crippen molar-refractivity contribution in [3.05, 3.63) is 29.3 Å². The van der Waals surface area contributed by atoms with Crippen molar-refractivity contribution >= 4 is 11.6 Å². The van der Waals surface area contributed by atoms with Crippen molar-refractivity contribution in [2.75, 3.05) is 24.5 Å². The van der Waals surface area contributed by atoms with Crippen LogP contribution < -0.4 is 16.0 Å². The Kier molecular flexibility index (Phi) is 3.89. The summed E-state index contributed by atoms with van der Waals surface area (Å²) in [6.45, 7) is 5.00. The molecule has 1 aliphatic heterocycles. The Morgan fingerprint density at radius 3 is 2.76 bits per heavy atom. The lowest BCUT2D eigenvalue weighted by molar-refractivity contribution is 0.1000. The molecule has 0 radical (unpaired) electrons. The normalized spacial score (nSPS) is 21.5. The molecule has 1 saturated carbocycles. The molecule has 2 aliphatic rings. The van der Waals surface area contributed by atoms with E-state index in [4.69, 9.17) is 5.73 Å². The van der Waals surface area contributed by atoms with E-state index >= 15 is 0 Å². The summed E-state index contributed by atoms with van der Waals surface area (Å²) < 4.78 is 0. The van der Waals surface area contributed by atoms with Crippen LogP contribution >= 0.6 is 0 Å². The van der Waals surface area contributed by atoms with Gasteiger partial charge in [-0.1, -0.05) is 25.3 Å². The van der Waals surface area contributed by atoms with E-state index in [1.165, 1.54) is 37.7 Å². The van der Waals surface area contributed by atoms with Crippen molar-refractivity contribution in [1.29, 1.82) is 0 Å². The summed E-state index contributed by atoms with van der Waals surface area (Å²) in [4.78, 5) is 14.3. The molecule has 3 rings (SSSR count). The molecule has 1 aromatic rings. The SMILES string of the molecule is Cc1ccc(C(N)=O)c(N2CCNCC23CCCCC3)c1. The van der Waals surface area contributed by atoms with Gasteiger partial charge in [0.25, 0.3) is 5.91 Å². The fourth-order valence-corrected chi connectivity index (χ4v) is 3.95. The van der Waals surface area contributed by atoms with Crippen LogP contribution in [0.3, 0.4) is 0 Å². The number of aryl methyl sites for hydroxylation is 1. The average Bonchev–Trinajstić information content (AvgIpc) is 2.48. The van der Waals surface area contributed by atoms with Gasteiger partial charge in [0.15, 0.2) is 0 Å². The Hall–Kier alpha value is -1.55. The first kappa shape index (κ1) is 14.4. The van der Waals surface area contributed by atoms with Gasteiger partial charge in [-0.3, -0.25) is 4.79 Å². The number of anilines is 1. The number of piperazine rings is 1. The van der Waals surface area contributed by atoms with Crippen molar-refractivity contribution in [2.24, 2.45) is 5.73 Å². The van der Waals surface area contributed by atoms with E-state index in [0.717, 1.165) is 25.3 Å². The van der Waals surface area contributed by atoms with Gasteiger partial charge in [0.2, 0.25) is 0 Å². The van der Waals surface area contributed by atoms with Crippen LogP contribution in [-0.4, -0.2) is 31.1 Å². The van der Waals surface area contributed by atoms with Crippen molar-refractivity contribution in [1.82, 2.24) is 5.32 Å². The van der Waals surface area contributed by atoms with E-state index in [0.29, 0.717) is 5.56 Å². The molecule has 1 amide bonds. The number of nitrogens with zero attached hydrogens (tertiary/aromatic N) is 1. The second kappa shape index (κ2) is 5.68. The van der Waals surface area contributed by atoms with Crippen LogP contribution in [-0.2, 0) is 0 Å². The first-order valence-electron chi connectivity index (χ1n) is 8.01. The molecule has 0 atom stereocenters. The molecular weight excluding hydrogens is 262 g/mol. The number of hydrogen-bond acceptors (Lipinski definition) is 3. The summed E-state index contributed by atoms with van der Waals surface area (Å²) in [5.41, 5.74) is 8.64. The Morgan fingerprint density at radius 1 is 1.29 bits per heavy atom. The molecule has 0 unspecified atom stereocenters. The minimum absolute atomic E-state index is 0.161. The first-order chi connectivity index (χ1) is 10.1. The molecule has 1 saturated heterocycles. The minimum atomic E-state index is -0.325. The zero-order chi connectivity index (χ0) is 14.9. The maximum Gasteiger partial charge on any atom is 0.250 e. The number of nitrogens with one attached hydrogen (secondary N) is 1. The highest BCUT2D eigenvalue weighted by molar-refractivity contribution is 5.99. The molecule has 0 bridgehead atoms. The van der Waals surface area contributed by atoms with E-state index in [9.17, 15) is 4.79 Å². The summed E-state index contributed by atoms with van der Waals surface area (Å²) in [6.07, 6.45) is 6.27. The molecule has 21 heavy (non-hydrogen) atoms. The predicted octanol–water partition coefficient (Wildman–Crippen LogP) is 2.21. The number of primary amides is 1. The van der Waals surface area contributed by atoms with Crippen LogP contribution in [0.2, 0.25) is 0 Å². The maximum absolute atomic E-state index is 11.8. The topological polar surface area (TPSA) is 58.4 Å². The molecule has 2 fully saturated rings. The predicted molar refractivity (Wildman–Crippen MR) is 85.7 cm³/mol. The van der Waals surface area contributed by atoms with Crippen LogP contribution in [0.5, 0.6) is 0 Å². The van der Waals surface area contributed by atoms with Crippen molar-refractivity contribution < 1.29 is 4.79 Å². The molecule has 1 spiro atoms. The van der Waals surface area contributed by atoms with Gasteiger partial charge in [-0.15, -0.1) is 0 Å². The van der Waals surface area contributed by atoms with E-state index in [1.807, 2.05) is 12.1 Å². The monoisotopic (exact) mass is 287 g/mol.